The van der Waals surface area contributed by atoms with Crippen LogP contribution in [0.25, 0.3) is 0 Å². The van der Waals surface area contributed by atoms with Gasteiger partial charge >= 0.3 is 0 Å². The lowest BCUT2D eigenvalue weighted by Crippen LogP contribution is -2.41. The van der Waals surface area contributed by atoms with E-state index in [1.54, 1.807) is 0 Å². The summed E-state index contributed by atoms with van der Waals surface area (Å²) in [5.74, 6) is 1.38. The number of nitrogens with one attached hydrogen (secondary N) is 1. The molecule has 0 spiro atoms. The first-order valence-corrected chi connectivity index (χ1v) is 6.74. The number of rotatable bonds is 6. The Morgan fingerprint density at radius 2 is 2.24 bits per heavy atom. The average molecular weight is 240 g/mol. The zero-order valence-electron chi connectivity index (χ0n) is 10.7. The fourth-order valence-electron chi connectivity index (χ4n) is 2.57. The molecule has 0 radical (unpaired) electrons. The van der Waals surface area contributed by atoms with Crippen molar-refractivity contribution in [3.05, 3.63) is 0 Å². The molecular weight excluding hydrogens is 216 g/mol. The van der Waals surface area contributed by atoms with E-state index in [1.807, 2.05) is 0 Å². The summed E-state index contributed by atoms with van der Waals surface area (Å²) in [5.41, 5.74) is 5.55. The van der Waals surface area contributed by atoms with Crippen molar-refractivity contribution in [2.75, 3.05) is 19.7 Å². The Hall–Kier alpha value is -0.610. The van der Waals surface area contributed by atoms with Crippen molar-refractivity contribution >= 4 is 5.91 Å². The second-order valence-electron chi connectivity index (χ2n) is 5.77. The number of ether oxygens (including phenoxy) is 1. The van der Waals surface area contributed by atoms with Crippen LogP contribution in [0.1, 0.15) is 39.0 Å². The Labute approximate surface area is 103 Å². The van der Waals surface area contributed by atoms with E-state index >= 15 is 0 Å². The van der Waals surface area contributed by atoms with E-state index in [0.717, 1.165) is 25.8 Å². The molecule has 2 unspecified atom stereocenters. The van der Waals surface area contributed by atoms with E-state index in [-0.39, 0.29) is 18.1 Å². The van der Waals surface area contributed by atoms with Crippen LogP contribution in [0, 0.1) is 11.8 Å². The smallest absolute Gasteiger partial charge is 0.246 e. The summed E-state index contributed by atoms with van der Waals surface area (Å²) < 4.78 is 5.79. The van der Waals surface area contributed by atoms with Gasteiger partial charge in [0.05, 0.1) is 5.60 Å². The van der Waals surface area contributed by atoms with E-state index in [1.165, 1.54) is 12.8 Å². The number of hydrogen-bond donors (Lipinski definition) is 2. The number of hydrogen-bond acceptors (Lipinski definition) is 3. The Balaban J connectivity index is 1.69. The SMILES string of the molecule is CC1CCC(CN)(OCC(=O)NCC2CC2)C1. The molecule has 4 heteroatoms. The molecule has 98 valence electrons. The summed E-state index contributed by atoms with van der Waals surface area (Å²) in [7, 11) is 0. The quantitative estimate of drug-likeness (QED) is 0.729. The normalized spacial score (nSPS) is 32.7. The van der Waals surface area contributed by atoms with Crippen molar-refractivity contribution in [2.45, 2.75) is 44.6 Å². The molecular formula is C13H24N2O2. The van der Waals surface area contributed by atoms with Crippen molar-refractivity contribution in [2.24, 2.45) is 17.6 Å². The molecule has 0 aromatic rings. The summed E-state index contributed by atoms with van der Waals surface area (Å²) in [6.07, 6.45) is 5.64. The molecule has 0 aliphatic heterocycles. The van der Waals surface area contributed by atoms with Crippen molar-refractivity contribution in [1.82, 2.24) is 5.32 Å². The second kappa shape index (κ2) is 5.36. The van der Waals surface area contributed by atoms with Crippen LogP contribution in [0.4, 0.5) is 0 Å². The number of carbonyl (C=O) groups excluding carboxylic acids is 1. The van der Waals surface area contributed by atoms with E-state index in [4.69, 9.17) is 10.5 Å². The number of nitrogens with two attached hydrogens (primary N) is 1. The third kappa shape index (κ3) is 3.68. The zero-order valence-corrected chi connectivity index (χ0v) is 10.7. The molecule has 4 nitrogen and oxygen atoms in total. The molecule has 0 heterocycles. The van der Waals surface area contributed by atoms with Crippen LogP contribution in [0.2, 0.25) is 0 Å². The molecule has 0 bridgehead atoms. The summed E-state index contributed by atoms with van der Waals surface area (Å²) in [4.78, 5) is 11.6. The summed E-state index contributed by atoms with van der Waals surface area (Å²) in [5, 5.41) is 2.92. The highest BCUT2D eigenvalue weighted by molar-refractivity contribution is 5.77. The predicted octanol–water partition coefficient (Wildman–Crippen LogP) is 1.05. The van der Waals surface area contributed by atoms with E-state index in [9.17, 15) is 4.79 Å². The first kappa shape index (κ1) is 12.8. The van der Waals surface area contributed by atoms with Crippen LogP contribution in [0.15, 0.2) is 0 Å². The van der Waals surface area contributed by atoms with E-state index in [0.29, 0.717) is 18.4 Å². The Morgan fingerprint density at radius 1 is 1.47 bits per heavy atom. The van der Waals surface area contributed by atoms with Crippen LogP contribution in [-0.2, 0) is 9.53 Å². The number of carbonyl (C=O) groups is 1. The van der Waals surface area contributed by atoms with E-state index in [2.05, 4.69) is 12.2 Å². The Morgan fingerprint density at radius 3 is 2.76 bits per heavy atom. The molecule has 2 rings (SSSR count). The Kier molecular flexibility index (Phi) is 4.05. The minimum Gasteiger partial charge on any atom is -0.364 e. The maximum absolute atomic E-state index is 11.6. The summed E-state index contributed by atoms with van der Waals surface area (Å²) in [6, 6.07) is 0. The molecule has 0 aromatic carbocycles. The average Bonchev–Trinajstić information content (AvgIpc) is 3.08. The van der Waals surface area contributed by atoms with Crippen LogP contribution in [-0.4, -0.2) is 31.2 Å². The lowest BCUT2D eigenvalue weighted by atomic mass is 10.0. The third-order valence-corrected chi connectivity index (χ3v) is 3.98. The first-order chi connectivity index (χ1) is 8.13. The maximum atomic E-state index is 11.6. The Bertz CT molecular complexity index is 279. The fraction of sp³-hybridized carbons (Fsp3) is 0.923. The molecule has 2 aliphatic rings. The van der Waals surface area contributed by atoms with Gasteiger partial charge in [-0.3, -0.25) is 4.79 Å². The number of amides is 1. The fourth-order valence-corrected chi connectivity index (χ4v) is 2.57. The van der Waals surface area contributed by atoms with Crippen LogP contribution in [0.5, 0.6) is 0 Å². The molecule has 2 saturated carbocycles. The van der Waals surface area contributed by atoms with Crippen molar-refractivity contribution in [3.8, 4) is 0 Å². The molecule has 0 aromatic heterocycles. The van der Waals surface area contributed by atoms with Gasteiger partial charge in [0.1, 0.15) is 6.61 Å². The highest BCUT2D eigenvalue weighted by Gasteiger charge is 2.37. The molecule has 2 fully saturated rings. The van der Waals surface area contributed by atoms with Gasteiger partial charge in [-0.05, 0) is 43.9 Å². The van der Waals surface area contributed by atoms with Gasteiger partial charge in [0, 0.05) is 13.1 Å². The van der Waals surface area contributed by atoms with Crippen LogP contribution >= 0.6 is 0 Å². The molecule has 2 aliphatic carbocycles. The second-order valence-corrected chi connectivity index (χ2v) is 5.77. The van der Waals surface area contributed by atoms with Gasteiger partial charge in [-0.1, -0.05) is 6.92 Å². The van der Waals surface area contributed by atoms with Crippen LogP contribution < -0.4 is 11.1 Å². The topological polar surface area (TPSA) is 64.3 Å². The molecule has 2 atom stereocenters. The predicted molar refractivity (Wildman–Crippen MR) is 66.5 cm³/mol. The van der Waals surface area contributed by atoms with Gasteiger partial charge in [-0.15, -0.1) is 0 Å². The first-order valence-electron chi connectivity index (χ1n) is 6.74. The van der Waals surface area contributed by atoms with Gasteiger partial charge in [-0.2, -0.15) is 0 Å². The standard InChI is InChI=1S/C13H24N2O2/c1-10-4-5-13(6-10,9-14)17-8-12(16)15-7-11-2-3-11/h10-11H,2-9,14H2,1H3,(H,15,16). The summed E-state index contributed by atoms with van der Waals surface area (Å²) >= 11 is 0. The lowest BCUT2D eigenvalue weighted by molar-refractivity contribution is -0.132. The van der Waals surface area contributed by atoms with Crippen LogP contribution in [0.3, 0.4) is 0 Å². The highest BCUT2D eigenvalue weighted by atomic mass is 16.5. The minimum absolute atomic E-state index is 0.00396. The zero-order chi connectivity index (χ0) is 12.3. The summed E-state index contributed by atoms with van der Waals surface area (Å²) in [6.45, 7) is 3.71. The molecule has 17 heavy (non-hydrogen) atoms. The highest BCUT2D eigenvalue weighted by Crippen LogP contribution is 2.36. The maximum Gasteiger partial charge on any atom is 0.246 e. The molecule has 0 saturated heterocycles. The lowest BCUT2D eigenvalue weighted by Gasteiger charge is -2.27. The van der Waals surface area contributed by atoms with Gasteiger partial charge < -0.3 is 15.8 Å². The van der Waals surface area contributed by atoms with Crippen molar-refractivity contribution in [1.29, 1.82) is 0 Å². The monoisotopic (exact) mass is 240 g/mol. The third-order valence-electron chi connectivity index (χ3n) is 3.98. The van der Waals surface area contributed by atoms with Gasteiger partial charge in [-0.25, -0.2) is 0 Å². The molecule has 1 amide bonds. The van der Waals surface area contributed by atoms with Crippen molar-refractivity contribution in [3.63, 3.8) is 0 Å². The van der Waals surface area contributed by atoms with Gasteiger partial charge in [0.25, 0.3) is 0 Å². The minimum atomic E-state index is -0.240. The molecule has 3 N–H and O–H groups in total. The van der Waals surface area contributed by atoms with E-state index < -0.39 is 0 Å². The van der Waals surface area contributed by atoms with Gasteiger partial charge in [0.2, 0.25) is 5.91 Å². The van der Waals surface area contributed by atoms with Crippen molar-refractivity contribution < 1.29 is 9.53 Å². The van der Waals surface area contributed by atoms with Gasteiger partial charge in [0.15, 0.2) is 0 Å². The largest absolute Gasteiger partial charge is 0.364 e.